The summed E-state index contributed by atoms with van der Waals surface area (Å²) in [4.78, 5) is 0. The molecule has 2 aromatic carbocycles. The number of rotatable bonds is 1. The van der Waals surface area contributed by atoms with Gasteiger partial charge in [-0.1, -0.05) is 68.5 Å². The highest BCUT2D eigenvalue weighted by Gasteiger charge is 2.39. The lowest BCUT2D eigenvalue weighted by atomic mass is 9.82. The van der Waals surface area contributed by atoms with Crippen LogP contribution in [0.2, 0.25) is 0 Å². The molecule has 0 atom stereocenters. The molecule has 0 bridgehead atoms. The molecule has 0 saturated heterocycles. The topological polar surface area (TPSA) is 13.1 Å². The van der Waals surface area contributed by atoms with Crippen molar-refractivity contribution in [2.24, 2.45) is 0 Å². The van der Waals surface area contributed by atoms with Crippen molar-refractivity contribution in [3.63, 3.8) is 0 Å². The summed E-state index contributed by atoms with van der Waals surface area (Å²) in [6.45, 7) is 8.77. The molecule has 0 radical (unpaired) electrons. The first-order chi connectivity index (χ1) is 11.6. The van der Waals surface area contributed by atoms with Crippen LogP contribution < -0.4 is 0 Å². The molecule has 1 heterocycles. The predicted octanol–water partition coefficient (Wildman–Crippen LogP) is 6.78. The molecule has 0 amide bonds. The summed E-state index contributed by atoms with van der Waals surface area (Å²) in [5.41, 5.74) is 7.19. The second-order valence-electron chi connectivity index (χ2n) is 6.90. The minimum absolute atomic E-state index is 0.0240. The van der Waals surface area contributed by atoms with Gasteiger partial charge in [0.25, 0.3) is 0 Å². The monoisotopic (exact) mass is 314 g/mol. The van der Waals surface area contributed by atoms with Gasteiger partial charge in [-0.25, -0.2) is 0 Å². The fourth-order valence-electron chi connectivity index (χ4n) is 3.98. The lowest BCUT2D eigenvalue weighted by Gasteiger charge is -2.21. The lowest BCUT2D eigenvalue weighted by Crippen LogP contribution is -2.14. The minimum Gasteiger partial charge on any atom is -0.455 e. The van der Waals surface area contributed by atoms with Crippen LogP contribution in [-0.2, 0) is 5.41 Å². The fraction of sp³-hybridized carbons (Fsp3) is 0.217. The molecule has 4 rings (SSSR count). The van der Waals surface area contributed by atoms with Crippen molar-refractivity contribution in [2.45, 2.75) is 33.1 Å². The van der Waals surface area contributed by atoms with E-state index in [1.165, 1.54) is 33.0 Å². The molecule has 0 saturated carbocycles. The van der Waals surface area contributed by atoms with Gasteiger partial charge < -0.3 is 4.42 Å². The zero-order valence-corrected chi connectivity index (χ0v) is 14.7. The summed E-state index contributed by atoms with van der Waals surface area (Å²) in [5.74, 6) is 0. The van der Waals surface area contributed by atoms with Gasteiger partial charge >= 0.3 is 0 Å². The molecular weight excluding hydrogens is 292 g/mol. The van der Waals surface area contributed by atoms with Crippen molar-refractivity contribution < 1.29 is 4.42 Å². The van der Waals surface area contributed by atoms with Crippen LogP contribution in [0.15, 0.2) is 70.7 Å². The molecule has 1 aromatic heterocycles. The maximum atomic E-state index is 6.29. The first-order valence-corrected chi connectivity index (χ1v) is 8.54. The molecule has 0 unspecified atom stereocenters. The van der Waals surface area contributed by atoms with Crippen LogP contribution in [0.3, 0.4) is 0 Å². The van der Waals surface area contributed by atoms with Crippen molar-refractivity contribution in [3.05, 3.63) is 77.4 Å². The van der Waals surface area contributed by atoms with Crippen LogP contribution >= 0.6 is 0 Å². The number of allylic oxidation sites excluding steroid dienone is 6. The molecule has 0 aliphatic heterocycles. The van der Waals surface area contributed by atoms with Gasteiger partial charge in [0.2, 0.25) is 0 Å². The van der Waals surface area contributed by atoms with Crippen LogP contribution in [0.4, 0.5) is 0 Å². The van der Waals surface area contributed by atoms with Crippen LogP contribution in [0, 0.1) is 0 Å². The van der Waals surface area contributed by atoms with Gasteiger partial charge in [-0.3, -0.25) is 0 Å². The molecule has 1 nitrogen and oxygen atoms in total. The van der Waals surface area contributed by atoms with E-state index in [-0.39, 0.29) is 5.41 Å². The smallest absolute Gasteiger partial charge is 0.143 e. The first-order valence-electron chi connectivity index (χ1n) is 8.54. The molecule has 24 heavy (non-hydrogen) atoms. The first kappa shape index (κ1) is 15.0. The van der Waals surface area contributed by atoms with Crippen molar-refractivity contribution in [1.82, 2.24) is 0 Å². The number of furan rings is 1. The third-order valence-corrected chi connectivity index (χ3v) is 5.20. The molecular formula is C23H22O. The second kappa shape index (κ2) is 5.24. The predicted molar refractivity (Wildman–Crippen MR) is 103 cm³/mol. The van der Waals surface area contributed by atoms with E-state index in [9.17, 15) is 0 Å². The molecule has 1 heteroatoms. The van der Waals surface area contributed by atoms with Gasteiger partial charge in [0.05, 0.1) is 0 Å². The van der Waals surface area contributed by atoms with Crippen LogP contribution in [0.5, 0.6) is 0 Å². The number of hydrogen-bond donors (Lipinski definition) is 0. The molecule has 3 aromatic rings. The van der Waals surface area contributed by atoms with Gasteiger partial charge in [0.15, 0.2) is 0 Å². The number of para-hydroxylation sites is 1. The lowest BCUT2D eigenvalue weighted by molar-refractivity contribution is 0.651. The summed E-state index contributed by atoms with van der Waals surface area (Å²) in [7, 11) is 0. The van der Waals surface area contributed by atoms with E-state index in [0.29, 0.717) is 0 Å². The SMILES string of the molecule is C/C=C/C=C1\C(=C/C)c2c(ccc3c2oc2ccccc23)C1(C)C. The molecule has 1 aliphatic carbocycles. The normalized spacial score (nSPS) is 20.0. The Morgan fingerprint density at radius 1 is 0.958 bits per heavy atom. The van der Waals surface area contributed by atoms with E-state index in [1.807, 2.05) is 12.1 Å². The highest BCUT2D eigenvalue weighted by molar-refractivity contribution is 6.11. The van der Waals surface area contributed by atoms with Crippen molar-refractivity contribution in [3.8, 4) is 0 Å². The Labute approximate surface area is 143 Å². The van der Waals surface area contributed by atoms with Crippen LogP contribution in [-0.4, -0.2) is 0 Å². The molecule has 0 N–H and O–H groups in total. The number of benzene rings is 2. The molecule has 0 spiro atoms. The quantitative estimate of drug-likeness (QED) is 0.482. The standard InChI is InChI=1S/C23H22O/c1-5-7-11-18-15(6-2)21-19(23(18,3)4)14-13-17-16-10-8-9-12-20(16)24-22(17)21/h5-14H,1-4H3/b7-5+,15-6+,18-11+. The zero-order valence-electron chi connectivity index (χ0n) is 14.7. The fourth-order valence-corrected chi connectivity index (χ4v) is 3.98. The van der Waals surface area contributed by atoms with E-state index in [4.69, 9.17) is 4.42 Å². The van der Waals surface area contributed by atoms with Gasteiger partial charge in [0.1, 0.15) is 11.2 Å². The summed E-state index contributed by atoms with van der Waals surface area (Å²) in [6, 6.07) is 12.8. The summed E-state index contributed by atoms with van der Waals surface area (Å²) in [6.07, 6.45) is 8.66. The Kier molecular flexibility index (Phi) is 3.28. The molecule has 0 fully saturated rings. The van der Waals surface area contributed by atoms with E-state index in [2.05, 4.69) is 76.3 Å². The zero-order chi connectivity index (χ0) is 16.9. The average Bonchev–Trinajstić information content (AvgIpc) is 3.06. The van der Waals surface area contributed by atoms with Gasteiger partial charge in [0, 0.05) is 21.8 Å². The van der Waals surface area contributed by atoms with Gasteiger partial charge in [-0.15, -0.1) is 0 Å². The molecule has 120 valence electrons. The van der Waals surface area contributed by atoms with E-state index >= 15 is 0 Å². The highest BCUT2D eigenvalue weighted by atomic mass is 16.3. The van der Waals surface area contributed by atoms with E-state index < -0.39 is 0 Å². The number of hydrogen-bond acceptors (Lipinski definition) is 1. The van der Waals surface area contributed by atoms with Gasteiger partial charge in [-0.2, -0.15) is 0 Å². The van der Waals surface area contributed by atoms with E-state index in [1.54, 1.807) is 0 Å². The largest absolute Gasteiger partial charge is 0.455 e. The maximum Gasteiger partial charge on any atom is 0.143 e. The van der Waals surface area contributed by atoms with Crippen molar-refractivity contribution >= 4 is 27.5 Å². The maximum absolute atomic E-state index is 6.29. The Bertz CT molecular complexity index is 1040. The third kappa shape index (κ3) is 1.88. The summed E-state index contributed by atoms with van der Waals surface area (Å²) in [5, 5.41) is 2.39. The Hall–Kier alpha value is -2.54. The van der Waals surface area contributed by atoms with Crippen LogP contribution in [0.1, 0.15) is 38.8 Å². The highest BCUT2D eigenvalue weighted by Crippen LogP contribution is 2.52. The average molecular weight is 314 g/mol. The number of fused-ring (bicyclic) bond motifs is 5. The van der Waals surface area contributed by atoms with Gasteiger partial charge in [-0.05, 0) is 36.6 Å². The Balaban J connectivity index is 2.13. The Morgan fingerprint density at radius 3 is 2.50 bits per heavy atom. The second-order valence-corrected chi connectivity index (χ2v) is 6.90. The van der Waals surface area contributed by atoms with E-state index in [0.717, 1.165) is 11.2 Å². The minimum atomic E-state index is -0.0240. The van der Waals surface area contributed by atoms with Crippen molar-refractivity contribution in [1.29, 1.82) is 0 Å². The third-order valence-electron chi connectivity index (χ3n) is 5.20. The molecule has 1 aliphatic rings. The Morgan fingerprint density at radius 2 is 1.75 bits per heavy atom. The summed E-state index contributed by atoms with van der Waals surface area (Å²) >= 11 is 0. The van der Waals surface area contributed by atoms with Crippen molar-refractivity contribution in [2.75, 3.05) is 0 Å². The van der Waals surface area contributed by atoms with Crippen LogP contribution in [0.25, 0.3) is 27.5 Å². The summed E-state index contributed by atoms with van der Waals surface area (Å²) < 4.78 is 6.29.